The second-order valence-corrected chi connectivity index (χ2v) is 33.6. The predicted octanol–water partition coefficient (Wildman–Crippen LogP) is 22.0. The third-order valence-corrected chi connectivity index (χ3v) is 26.4. The van der Waals surface area contributed by atoms with Crippen molar-refractivity contribution in [3.8, 4) is 22.9 Å². The molecule has 25 rings (SSSR count). The molecule has 9 nitrogen and oxygen atoms in total. The normalized spacial score (nSPS) is 13.1. The molecule has 17 aromatic carbocycles. The molecule has 0 saturated heterocycles. The van der Waals surface area contributed by atoms with Crippen LogP contribution < -0.4 is 83.7 Å². The van der Waals surface area contributed by atoms with E-state index in [0.29, 0.717) is 0 Å². The molecule has 1 N–H and O–H groups in total. The van der Waals surface area contributed by atoms with Crippen LogP contribution in [0.5, 0.6) is 11.5 Å². The zero-order chi connectivity index (χ0) is 79.6. The Bertz CT molecular complexity index is 7440. The van der Waals surface area contributed by atoms with Crippen molar-refractivity contribution in [1.29, 1.82) is 0 Å². The number of fused-ring (bicyclic) bond motifs is 18. The highest BCUT2D eigenvalue weighted by Gasteiger charge is 2.50. The molecule has 0 saturated carbocycles. The molecule has 2 aromatic heterocycles. The lowest BCUT2D eigenvalue weighted by molar-refractivity contribution is 0.488. The molecule has 0 bridgehead atoms. The van der Waals surface area contributed by atoms with E-state index in [2.05, 4.69) is 432 Å². The van der Waals surface area contributed by atoms with Crippen molar-refractivity contribution < 1.29 is 4.74 Å². The summed E-state index contributed by atoms with van der Waals surface area (Å²) >= 11 is 0. The van der Waals surface area contributed by atoms with E-state index in [1.807, 2.05) is 0 Å². The van der Waals surface area contributed by atoms with Gasteiger partial charge in [0.25, 0.3) is 20.1 Å². The van der Waals surface area contributed by atoms with Crippen LogP contribution in [0.2, 0.25) is 0 Å². The van der Waals surface area contributed by atoms with Crippen LogP contribution in [0.15, 0.2) is 352 Å². The van der Waals surface area contributed by atoms with Gasteiger partial charge in [-0.2, -0.15) is 0 Å². The van der Waals surface area contributed by atoms with E-state index < -0.39 is 0 Å². The Balaban J connectivity index is 0.802. The Morgan fingerprint density at radius 1 is 0.250 bits per heavy atom. The van der Waals surface area contributed by atoms with Crippen LogP contribution in [0.1, 0.15) is 33.4 Å². The fourth-order valence-electron chi connectivity index (χ4n) is 22.1. The molecule has 0 fully saturated rings. The molecular formula is C108H77B3N8O. The summed E-state index contributed by atoms with van der Waals surface area (Å²) in [5.41, 5.74) is 43.5. The van der Waals surface area contributed by atoms with Crippen molar-refractivity contribution in [2.75, 3.05) is 29.8 Å². The number of aryl methyl sites for hydroxylation is 6. The maximum Gasteiger partial charge on any atom is 0.256 e. The summed E-state index contributed by atoms with van der Waals surface area (Å²) in [6.07, 6.45) is 0. The molecule has 0 atom stereocenters. The lowest BCUT2D eigenvalue weighted by Crippen LogP contribution is -2.65. The first-order valence-corrected chi connectivity index (χ1v) is 41.9. The van der Waals surface area contributed by atoms with Gasteiger partial charge in [-0.05, 0) is 234 Å². The van der Waals surface area contributed by atoms with Gasteiger partial charge in [0.2, 0.25) is 0 Å². The van der Waals surface area contributed by atoms with Crippen LogP contribution >= 0.6 is 0 Å². The van der Waals surface area contributed by atoms with Gasteiger partial charge < -0.3 is 43.7 Å². The fraction of sp³-hybridized carbons (Fsp3) is 0.0556. The molecule has 0 unspecified atom stereocenters. The molecule has 120 heavy (non-hydrogen) atoms. The Morgan fingerprint density at radius 3 is 1.07 bits per heavy atom. The highest BCUT2D eigenvalue weighted by molar-refractivity contribution is 7.04. The highest BCUT2D eigenvalue weighted by atomic mass is 16.5. The first-order valence-electron chi connectivity index (χ1n) is 41.9. The minimum absolute atomic E-state index is 0.191. The van der Waals surface area contributed by atoms with E-state index in [1.54, 1.807) is 0 Å². The molecule has 12 heteroatoms. The number of benzene rings is 17. The fourth-order valence-corrected chi connectivity index (χ4v) is 22.1. The number of aromatic nitrogens is 2. The zero-order valence-corrected chi connectivity index (χ0v) is 67.3. The van der Waals surface area contributed by atoms with Gasteiger partial charge in [-0.1, -0.05) is 230 Å². The average Bonchev–Trinajstić information content (AvgIpc) is 1.30. The van der Waals surface area contributed by atoms with Gasteiger partial charge in [0.15, 0.2) is 0 Å². The van der Waals surface area contributed by atoms with Crippen LogP contribution in [0.4, 0.5) is 96.7 Å². The van der Waals surface area contributed by atoms with E-state index in [-0.39, 0.29) is 20.1 Å². The first-order chi connectivity index (χ1) is 59.0. The quantitative estimate of drug-likeness (QED) is 0.130. The van der Waals surface area contributed by atoms with Gasteiger partial charge in [-0.3, -0.25) is 0 Å². The number of nitrogens with zero attached hydrogens (tertiary/aromatic N) is 7. The number of para-hydroxylation sites is 10. The van der Waals surface area contributed by atoms with Crippen LogP contribution in [0.3, 0.4) is 0 Å². The maximum atomic E-state index is 8.24. The summed E-state index contributed by atoms with van der Waals surface area (Å²) in [5, 5.41) is 9.31. The topological polar surface area (TPSA) is 47.3 Å². The van der Waals surface area contributed by atoms with E-state index in [9.17, 15) is 0 Å². The van der Waals surface area contributed by atoms with Crippen LogP contribution in [0, 0.1) is 41.5 Å². The number of hydrogen-bond donors (Lipinski definition) is 1. The Labute approximate surface area is 698 Å². The summed E-state index contributed by atoms with van der Waals surface area (Å²) in [6.45, 7) is 12.9. The molecular weight excluding hydrogens is 1460 g/mol. The number of ether oxygens (including phenoxy) is 1. The Hall–Kier alpha value is -14.9. The Morgan fingerprint density at radius 2 is 0.608 bits per heavy atom. The maximum absolute atomic E-state index is 8.24. The van der Waals surface area contributed by atoms with Crippen LogP contribution in [-0.4, -0.2) is 29.3 Å². The molecule has 19 aromatic rings. The van der Waals surface area contributed by atoms with Gasteiger partial charge in [0.1, 0.15) is 11.5 Å². The minimum Gasteiger partial charge on any atom is -0.458 e. The standard InChI is InChI=1S/C108H77B3N8O/c1-65-51-67(3)105(68(4)52-65)118-94-63-90-86(109-84-47-29-45-82-80-43-25-27-49-92(80)116(107(82)84)96-56-77(55-91(112-90)102(96)109)113(71-31-13-7-14-32-71)72-33-15-8-16-34-72)61-87(94)111-89-62-88-95(64-100(89)120-101-60-79(59-99(118)104(101)111)115(75-39-21-11-22-40-75)76-41-23-12-24-42-76)119(106-69(5)53-66(2)54-70(106)6)98-58-78(114(73-35-17-9-18-36-73)74-37-19-10-20-38-74)57-97-103(98)110(88)85-48-30-46-83-81-44-26-28-50-93(81)117(97)108(83)85/h7-64,112H,1-6H3. The van der Waals surface area contributed by atoms with Crippen molar-refractivity contribution >= 4 is 210 Å². The lowest BCUT2D eigenvalue weighted by atomic mass is 9.29. The van der Waals surface area contributed by atoms with E-state index in [4.69, 9.17) is 4.74 Å². The monoisotopic (exact) mass is 1530 g/mol. The van der Waals surface area contributed by atoms with E-state index in [0.717, 1.165) is 130 Å². The van der Waals surface area contributed by atoms with Crippen molar-refractivity contribution in [3.63, 3.8) is 0 Å². The summed E-state index contributed by atoms with van der Waals surface area (Å²) in [6, 6.07) is 132. The predicted molar refractivity (Wildman–Crippen MR) is 507 cm³/mol. The van der Waals surface area contributed by atoms with Gasteiger partial charge >= 0.3 is 0 Å². The van der Waals surface area contributed by atoms with Crippen molar-refractivity contribution in [3.05, 3.63) is 385 Å². The minimum atomic E-state index is -0.363. The number of hydrogen-bond acceptors (Lipinski definition) is 7. The van der Waals surface area contributed by atoms with E-state index in [1.165, 1.54) is 115 Å². The van der Waals surface area contributed by atoms with Gasteiger partial charge in [-0.25, -0.2) is 0 Å². The highest BCUT2D eigenvalue weighted by Crippen LogP contribution is 2.53. The van der Waals surface area contributed by atoms with Crippen molar-refractivity contribution in [1.82, 2.24) is 9.13 Å². The summed E-state index contributed by atoms with van der Waals surface area (Å²) in [5.74, 6) is 1.62. The first kappa shape index (κ1) is 68.4. The second kappa shape index (κ2) is 25.8. The molecule has 6 aliphatic rings. The number of anilines is 17. The third-order valence-electron chi connectivity index (χ3n) is 26.4. The molecule has 564 valence electrons. The SMILES string of the molecule is Cc1cc(C)c(N2c3cc4c(cc3B3c5cc6c(cc5Oc5cc(N(c7ccccc7)c7ccccc7)cc2c53)N(c2c(C)cc(C)cc2C)c2cc(N(c3ccccc3)c3ccccc3)cc3c2B6c2cccc5c6ccccc6n-3c25)B2c3c(cc(N(c5ccccc5)c5ccccc5)cc3-n3c5ccccc5c5cccc2c53)N4)c(C)c1. The molecule has 0 spiro atoms. The zero-order valence-electron chi connectivity index (χ0n) is 67.3. The molecule has 0 radical (unpaired) electrons. The third kappa shape index (κ3) is 9.81. The van der Waals surface area contributed by atoms with Gasteiger partial charge in [0.05, 0.1) is 39.5 Å². The van der Waals surface area contributed by atoms with Crippen molar-refractivity contribution in [2.24, 2.45) is 0 Å². The van der Waals surface area contributed by atoms with Gasteiger partial charge in [-0.15, -0.1) is 0 Å². The molecule has 0 aliphatic carbocycles. The summed E-state index contributed by atoms with van der Waals surface area (Å²) in [4.78, 5) is 12.5. The lowest BCUT2D eigenvalue weighted by Gasteiger charge is -2.45. The number of rotatable bonds is 11. The summed E-state index contributed by atoms with van der Waals surface area (Å²) in [7, 11) is 0. The molecule has 0 amide bonds. The smallest absolute Gasteiger partial charge is 0.256 e. The van der Waals surface area contributed by atoms with E-state index >= 15 is 0 Å². The number of nitrogens with one attached hydrogen (secondary N) is 1. The van der Waals surface area contributed by atoms with Crippen LogP contribution in [0.25, 0.3) is 55.0 Å². The largest absolute Gasteiger partial charge is 0.458 e. The van der Waals surface area contributed by atoms with Gasteiger partial charge in [0, 0.05) is 124 Å². The second-order valence-electron chi connectivity index (χ2n) is 33.6. The Kier molecular flexibility index (Phi) is 14.7. The van der Waals surface area contributed by atoms with Crippen LogP contribution in [-0.2, 0) is 0 Å². The molecule has 8 heterocycles. The van der Waals surface area contributed by atoms with Crippen molar-refractivity contribution in [2.45, 2.75) is 41.5 Å². The average molecular weight is 1540 g/mol. The summed E-state index contributed by atoms with van der Waals surface area (Å²) < 4.78 is 13.4. The molecule has 6 aliphatic heterocycles.